The Balaban J connectivity index is 0.996. The number of para-hydroxylation sites is 2. The number of carbonyl (C=O) groups is 12. The molecule has 28 heteroatoms. The van der Waals surface area contributed by atoms with E-state index >= 15 is 9.59 Å². The SMILES string of the molecule is CC(C)[C@H]1C(=O)NC[C@@H](NC(=O)c2nc3ccccc3cc2OCc2ccccc2)C(=O)N2CCCC[C@H]2C(=O)NCC(=O)N(C)CC(=O)N(C)[C@@H](C(C)C)C(=O)NC[C@@H](NC(=O)c2nc3ccccc3cc2OCc2ccccc2)C(=O)N2CCCC[C@H]2C(=O)NCC(=O)N(C)CC(=O)N1C. The van der Waals surface area contributed by atoms with Crippen molar-refractivity contribution in [1.29, 1.82) is 0 Å². The molecule has 6 aromatic rings. The molecule has 102 heavy (non-hydrogen) atoms. The minimum atomic E-state index is -1.58. The van der Waals surface area contributed by atoms with Crippen molar-refractivity contribution in [2.75, 3.05) is 80.5 Å². The van der Waals surface area contributed by atoms with Gasteiger partial charge in [-0.25, -0.2) is 9.97 Å². The zero-order chi connectivity index (χ0) is 73.3. The quantitative estimate of drug-likeness (QED) is 0.103. The molecule has 12 amide bonds. The van der Waals surface area contributed by atoms with Gasteiger partial charge in [0.1, 0.15) is 49.5 Å². The Kier molecular flexibility index (Phi) is 25.7. The summed E-state index contributed by atoms with van der Waals surface area (Å²) in [6.45, 7) is 3.36. The summed E-state index contributed by atoms with van der Waals surface area (Å²) in [6.07, 6.45) is 2.13. The smallest absolute Gasteiger partial charge is 0.274 e. The van der Waals surface area contributed by atoms with Crippen molar-refractivity contribution in [3.63, 3.8) is 0 Å². The minimum absolute atomic E-state index is 0.0250. The number of carbonyl (C=O) groups excluding carboxylic acids is 12. The maximum Gasteiger partial charge on any atom is 0.274 e. The van der Waals surface area contributed by atoms with Crippen LogP contribution in [-0.2, 0) is 61.2 Å². The largest absolute Gasteiger partial charge is 0.486 e. The monoisotopic (exact) mass is 1400 g/mol. The number of hydrogen-bond acceptors (Lipinski definition) is 16. The molecule has 3 fully saturated rings. The Bertz CT molecular complexity index is 3830. The second-order valence-electron chi connectivity index (χ2n) is 26.6. The van der Waals surface area contributed by atoms with Crippen LogP contribution in [0.3, 0.4) is 0 Å². The van der Waals surface area contributed by atoms with Crippen LogP contribution in [0.5, 0.6) is 11.5 Å². The summed E-state index contributed by atoms with van der Waals surface area (Å²) in [5, 5.41) is 17.6. The normalized spacial score (nSPS) is 21.3. The van der Waals surface area contributed by atoms with Gasteiger partial charge in [0.05, 0.1) is 37.2 Å². The molecule has 540 valence electrons. The number of fused-ring (bicyclic) bond motifs is 4. The lowest BCUT2D eigenvalue weighted by Crippen LogP contribution is -2.61. The zero-order valence-electron chi connectivity index (χ0n) is 58.8. The predicted octanol–water partition coefficient (Wildman–Crippen LogP) is 2.96. The fraction of sp³-hybridized carbons (Fsp3) is 0.432. The molecule has 0 aliphatic carbocycles. The van der Waals surface area contributed by atoms with Gasteiger partial charge >= 0.3 is 0 Å². The molecule has 6 N–H and O–H groups in total. The molecule has 2 aromatic heterocycles. The second-order valence-corrected chi connectivity index (χ2v) is 26.6. The van der Waals surface area contributed by atoms with Gasteiger partial charge < -0.3 is 70.8 Å². The highest BCUT2D eigenvalue weighted by Crippen LogP contribution is 2.28. The number of piperidine rings is 2. The van der Waals surface area contributed by atoms with Gasteiger partial charge in [-0.3, -0.25) is 57.5 Å². The summed E-state index contributed by atoms with van der Waals surface area (Å²) in [5.41, 5.74) is 2.07. The Morgan fingerprint density at radius 3 is 1.21 bits per heavy atom. The average Bonchev–Trinajstić information content (AvgIpc) is 0.804. The second kappa shape index (κ2) is 34.8. The van der Waals surface area contributed by atoms with Crippen LogP contribution in [0.4, 0.5) is 0 Å². The van der Waals surface area contributed by atoms with E-state index in [1.54, 1.807) is 88.4 Å². The van der Waals surface area contributed by atoms with Crippen molar-refractivity contribution >= 4 is 92.7 Å². The van der Waals surface area contributed by atoms with E-state index in [0.717, 1.165) is 30.7 Å². The first-order valence-electron chi connectivity index (χ1n) is 34.3. The number of pyridine rings is 2. The predicted molar refractivity (Wildman–Crippen MR) is 376 cm³/mol. The van der Waals surface area contributed by atoms with E-state index in [1.807, 2.05) is 60.7 Å². The highest BCUT2D eigenvalue weighted by atomic mass is 16.5. The first kappa shape index (κ1) is 75.1. The molecule has 0 saturated carbocycles. The molecule has 9 rings (SSSR count). The molecule has 3 aliphatic heterocycles. The Hall–Kier alpha value is -11.1. The van der Waals surface area contributed by atoms with Crippen LogP contribution in [0.15, 0.2) is 121 Å². The average molecular weight is 1400 g/mol. The molecule has 5 heterocycles. The third kappa shape index (κ3) is 18.9. The topological polar surface area (TPSA) is 341 Å². The van der Waals surface area contributed by atoms with Crippen molar-refractivity contribution in [2.24, 2.45) is 11.8 Å². The lowest BCUT2D eigenvalue weighted by atomic mass is 9.99. The molecule has 3 saturated heterocycles. The molecule has 4 aromatic carbocycles. The van der Waals surface area contributed by atoms with Gasteiger partial charge in [-0.15, -0.1) is 0 Å². The first-order valence-corrected chi connectivity index (χ1v) is 34.3. The van der Waals surface area contributed by atoms with E-state index in [0.29, 0.717) is 47.5 Å². The summed E-state index contributed by atoms with van der Waals surface area (Å²) in [6, 6.07) is 27.8. The fourth-order valence-corrected chi connectivity index (χ4v) is 12.8. The number of rotatable bonds is 12. The summed E-state index contributed by atoms with van der Waals surface area (Å²) >= 11 is 0. The van der Waals surface area contributed by atoms with E-state index in [9.17, 15) is 47.9 Å². The van der Waals surface area contributed by atoms with Gasteiger partial charge in [-0.1, -0.05) is 125 Å². The van der Waals surface area contributed by atoms with E-state index in [4.69, 9.17) is 9.47 Å². The summed E-state index contributed by atoms with van der Waals surface area (Å²) < 4.78 is 12.5. The third-order valence-electron chi connectivity index (χ3n) is 18.5. The molecule has 3 aliphatic rings. The molecule has 6 atom stereocenters. The molecule has 28 nitrogen and oxygen atoms in total. The lowest BCUT2D eigenvalue weighted by molar-refractivity contribution is -0.146. The van der Waals surface area contributed by atoms with Crippen LogP contribution in [0, 0.1) is 11.8 Å². The molecule has 0 unspecified atom stereocenters. The number of nitrogens with zero attached hydrogens (tertiary/aromatic N) is 8. The summed E-state index contributed by atoms with van der Waals surface area (Å²) in [7, 11) is 5.41. The van der Waals surface area contributed by atoms with Crippen LogP contribution in [0.2, 0.25) is 0 Å². The molecule has 0 radical (unpaired) electrons. The number of nitrogens with one attached hydrogen (secondary N) is 6. The summed E-state index contributed by atoms with van der Waals surface area (Å²) in [5.74, 6) is -10.0. The Morgan fingerprint density at radius 2 is 0.833 bits per heavy atom. The van der Waals surface area contributed by atoms with Gasteiger partial charge in [-0.05, 0) is 85.8 Å². The lowest BCUT2D eigenvalue weighted by Gasteiger charge is -2.37. The summed E-state index contributed by atoms with van der Waals surface area (Å²) in [4.78, 5) is 190. The molecular formula is C74H90N14O14. The van der Waals surface area contributed by atoms with Crippen LogP contribution in [0.1, 0.15) is 98.3 Å². The van der Waals surface area contributed by atoms with E-state index in [1.165, 1.54) is 38.0 Å². The van der Waals surface area contributed by atoms with Crippen LogP contribution in [-0.4, -0.2) is 227 Å². The molecule has 0 spiro atoms. The van der Waals surface area contributed by atoms with Crippen molar-refractivity contribution in [2.45, 2.75) is 116 Å². The Labute approximate surface area is 591 Å². The van der Waals surface area contributed by atoms with E-state index in [-0.39, 0.29) is 62.0 Å². The molecule has 0 bridgehead atoms. The highest BCUT2D eigenvalue weighted by Gasteiger charge is 2.41. The van der Waals surface area contributed by atoms with Crippen LogP contribution >= 0.6 is 0 Å². The first-order chi connectivity index (χ1) is 48.9. The van der Waals surface area contributed by atoms with Gasteiger partial charge in [0, 0.05) is 65.1 Å². The van der Waals surface area contributed by atoms with Crippen molar-refractivity contribution < 1.29 is 67.0 Å². The van der Waals surface area contributed by atoms with Crippen molar-refractivity contribution in [3.8, 4) is 11.5 Å². The van der Waals surface area contributed by atoms with Gasteiger partial charge in [0.25, 0.3) is 11.8 Å². The zero-order valence-corrected chi connectivity index (χ0v) is 58.8. The number of hydrogen-bond donors (Lipinski definition) is 6. The maximum absolute atomic E-state index is 15.2. The number of likely N-dealkylation sites (N-methyl/N-ethyl adjacent to an activating group) is 4. The maximum atomic E-state index is 15.2. The minimum Gasteiger partial charge on any atom is -0.486 e. The van der Waals surface area contributed by atoms with Gasteiger partial charge in [0.2, 0.25) is 59.1 Å². The van der Waals surface area contributed by atoms with Gasteiger partial charge in [0.15, 0.2) is 22.9 Å². The fourth-order valence-electron chi connectivity index (χ4n) is 12.8. The number of amides is 12. The van der Waals surface area contributed by atoms with Crippen LogP contribution in [0.25, 0.3) is 21.8 Å². The number of ether oxygens (including phenoxy) is 2. The van der Waals surface area contributed by atoms with E-state index < -0.39 is 158 Å². The highest BCUT2D eigenvalue weighted by molar-refractivity contribution is 6.03. The van der Waals surface area contributed by atoms with Crippen molar-refractivity contribution in [3.05, 3.63) is 144 Å². The number of benzene rings is 4. The third-order valence-corrected chi connectivity index (χ3v) is 18.5. The van der Waals surface area contributed by atoms with E-state index in [2.05, 4.69) is 41.9 Å². The number of aromatic nitrogens is 2. The Morgan fingerprint density at radius 1 is 0.471 bits per heavy atom. The van der Waals surface area contributed by atoms with Crippen LogP contribution < -0.4 is 41.4 Å². The van der Waals surface area contributed by atoms with Crippen molar-refractivity contribution in [1.82, 2.24) is 71.3 Å². The van der Waals surface area contributed by atoms with Gasteiger partial charge in [-0.2, -0.15) is 0 Å². The standard InChI is InChI=1S/C74H90N14O14/c1-45(2)65-71(97)75-37-53(81-69(95)63-57(101-43-47-23-11-9-12-24-47)35-49-27-15-17-29-51(49)79-63)73(99)87-33-21-19-31-55(87)67(93)78-40-60(90)84(6)42-62(92)86(8)66(46(3)4)72(98)76-38-54(74(100)88-34-22-20-32-56(88)68(94)77-39-59(89)83(5)41-61(91)85(65)7)82-70(96)64-58(102-44-48-25-13-10-14-26-48)36-50-28-16-18-30-52(50)80-64/h9-18,23-30,35-36,45-46,53-56,65-66H,19-22,31-34,37-44H2,1-8H3,(H,75,97)(H,76,98)(H,77,94)(H,78,93)(H,81,95)(H,82,96)/t53-,54-,55+,56+,65+,66+/m1/s1. The molecular weight excluding hydrogens is 1310 g/mol.